The molecule has 0 unspecified atom stereocenters. The van der Waals surface area contributed by atoms with Gasteiger partial charge >= 0.3 is 6.01 Å². The van der Waals surface area contributed by atoms with Crippen LogP contribution in [0.3, 0.4) is 0 Å². The topological polar surface area (TPSA) is 109 Å². The number of aromatic nitrogens is 2. The number of methoxy groups -OCH3 is 3. The fraction of sp³-hybridized carbons (Fsp3) is 0.250. The SMILES string of the molecule is COc1cc(/C=C/C(=O)Nc2nnc(-c3cc(C)oc3C)o2)cc(OC)c1OC. The molecule has 0 aliphatic heterocycles. The number of anilines is 1. The molecule has 0 atom stereocenters. The van der Waals surface area contributed by atoms with E-state index in [9.17, 15) is 4.79 Å². The molecule has 152 valence electrons. The van der Waals surface area contributed by atoms with Gasteiger partial charge in [0.05, 0.1) is 26.9 Å². The van der Waals surface area contributed by atoms with Crippen LogP contribution in [0.2, 0.25) is 0 Å². The van der Waals surface area contributed by atoms with Crippen LogP contribution in [0.15, 0.2) is 33.1 Å². The Morgan fingerprint density at radius 1 is 1.00 bits per heavy atom. The van der Waals surface area contributed by atoms with Gasteiger partial charge in [-0.1, -0.05) is 5.10 Å². The Labute approximate surface area is 167 Å². The van der Waals surface area contributed by atoms with Crippen LogP contribution >= 0.6 is 0 Å². The number of benzene rings is 1. The Morgan fingerprint density at radius 2 is 1.69 bits per heavy atom. The van der Waals surface area contributed by atoms with Gasteiger partial charge in [-0.25, -0.2) is 0 Å². The van der Waals surface area contributed by atoms with E-state index in [1.54, 1.807) is 31.2 Å². The summed E-state index contributed by atoms with van der Waals surface area (Å²) in [6.07, 6.45) is 2.93. The van der Waals surface area contributed by atoms with Crippen molar-refractivity contribution in [2.45, 2.75) is 13.8 Å². The second-order valence-electron chi connectivity index (χ2n) is 6.02. The largest absolute Gasteiger partial charge is 0.493 e. The molecule has 9 nitrogen and oxygen atoms in total. The molecular formula is C20H21N3O6. The monoisotopic (exact) mass is 399 g/mol. The van der Waals surface area contributed by atoms with Crippen molar-refractivity contribution >= 4 is 18.0 Å². The highest BCUT2D eigenvalue weighted by Crippen LogP contribution is 2.38. The Bertz CT molecular complexity index is 1030. The zero-order chi connectivity index (χ0) is 21.0. The van der Waals surface area contributed by atoms with E-state index in [1.807, 2.05) is 6.92 Å². The number of nitrogens with zero attached hydrogens (tertiary/aromatic N) is 2. The molecule has 0 fully saturated rings. The number of aryl methyl sites for hydroxylation is 2. The molecule has 1 aromatic carbocycles. The summed E-state index contributed by atoms with van der Waals surface area (Å²) in [6, 6.07) is 5.22. The average molecular weight is 399 g/mol. The number of furan rings is 1. The number of ether oxygens (including phenoxy) is 3. The lowest BCUT2D eigenvalue weighted by atomic mass is 10.1. The lowest BCUT2D eigenvalue weighted by Gasteiger charge is -2.12. The third-order valence-corrected chi connectivity index (χ3v) is 4.04. The maximum atomic E-state index is 12.2. The Morgan fingerprint density at radius 3 is 2.24 bits per heavy atom. The van der Waals surface area contributed by atoms with E-state index in [-0.39, 0.29) is 11.9 Å². The van der Waals surface area contributed by atoms with Crippen molar-refractivity contribution < 1.29 is 27.8 Å². The first kappa shape index (κ1) is 20.0. The molecule has 3 aromatic rings. The van der Waals surface area contributed by atoms with Crippen molar-refractivity contribution in [3.05, 3.63) is 41.4 Å². The highest BCUT2D eigenvalue weighted by molar-refractivity contribution is 6.00. The number of nitrogens with one attached hydrogen (secondary N) is 1. The second kappa shape index (κ2) is 8.51. The van der Waals surface area contributed by atoms with E-state index in [1.165, 1.54) is 27.4 Å². The fourth-order valence-electron chi connectivity index (χ4n) is 2.74. The average Bonchev–Trinajstić information content (AvgIpc) is 3.30. The minimum Gasteiger partial charge on any atom is -0.493 e. The van der Waals surface area contributed by atoms with Gasteiger partial charge in [0.2, 0.25) is 5.75 Å². The highest BCUT2D eigenvalue weighted by Gasteiger charge is 2.16. The summed E-state index contributed by atoms with van der Waals surface area (Å²) in [5.74, 6) is 2.66. The summed E-state index contributed by atoms with van der Waals surface area (Å²) in [7, 11) is 4.57. The number of carbonyl (C=O) groups excluding carboxylic acids is 1. The summed E-state index contributed by atoms with van der Waals surface area (Å²) in [4.78, 5) is 12.2. The molecule has 0 saturated heterocycles. The summed E-state index contributed by atoms with van der Waals surface area (Å²) in [5.41, 5.74) is 1.37. The Hall–Kier alpha value is -3.75. The van der Waals surface area contributed by atoms with Gasteiger partial charge in [-0.15, -0.1) is 5.10 Å². The van der Waals surface area contributed by atoms with Crippen molar-refractivity contribution in [1.29, 1.82) is 0 Å². The Balaban J connectivity index is 1.73. The summed E-state index contributed by atoms with van der Waals surface area (Å²) < 4.78 is 26.8. The normalized spacial score (nSPS) is 10.9. The summed E-state index contributed by atoms with van der Waals surface area (Å²) >= 11 is 0. The van der Waals surface area contributed by atoms with Gasteiger partial charge in [0.15, 0.2) is 11.5 Å². The lowest BCUT2D eigenvalue weighted by molar-refractivity contribution is -0.112. The first-order valence-corrected chi connectivity index (χ1v) is 8.65. The number of rotatable bonds is 7. The van der Waals surface area contributed by atoms with Gasteiger partial charge in [-0.05, 0) is 43.7 Å². The molecular weight excluding hydrogens is 378 g/mol. The van der Waals surface area contributed by atoms with E-state index < -0.39 is 5.91 Å². The zero-order valence-corrected chi connectivity index (χ0v) is 16.7. The molecule has 0 aliphatic carbocycles. The van der Waals surface area contributed by atoms with Crippen LogP contribution in [0.1, 0.15) is 17.1 Å². The molecule has 0 spiro atoms. The molecule has 0 aliphatic rings. The third-order valence-electron chi connectivity index (χ3n) is 4.04. The number of carbonyl (C=O) groups is 1. The van der Waals surface area contributed by atoms with Crippen molar-refractivity contribution in [2.75, 3.05) is 26.6 Å². The smallest absolute Gasteiger partial charge is 0.322 e. The minimum absolute atomic E-state index is 0.0159. The van der Waals surface area contributed by atoms with Crippen LogP contribution in [-0.2, 0) is 4.79 Å². The third kappa shape index (κ3) is 4.40. The zero-order valence-electron chi connectivity index (χ0n) is 16.7. The molecule has 0 bridgehead atoms. The van der Waals surface area contributed by atoms with E-state index in [0.717, 1.165) is 5.76 Å². The number of amides is 1. The maximum absolute atomic E-state index is 12.2. The summed E-state index contributed by atoms with van der Waals surface area (Å²) in [6.45, 7) is 3.62. The van der Waals surface area contributed by atoms with Crippen molar-refractivity contribution in [1.82, 2.24) is 10.2 Å². The van der Waals surface area contributed by atoms with Gasteiger partial charge < -0.3 is 23.0 Å². The molecule has 3 rings (SSSR count). The van der Waals surface area contributed by atoms with Gasteiger partial charge in [0.1, 0.15) is 11.5 Å². The van der Waals surface area contributed by atoms with E-state index in [2.05, 4.69) is 15.5 Å². The molecule has 1 N–H and O–H groups in total. The molecule has 2 heterocycles. The van der Waals surface area contributed by atoms with Gasteiger partial charge in [0, 0.05) is 6.08 Å². The van der Waals surface area contributed by atoms with Gasteiger partial charge in [0.25, 0.3) is 11.8 Å². The molecule has 1 amide bonds. The quantitative estimate of drug-likeness (QED) is 0.600. The molecule has 0 radical (unpaired) electrons. The lowest BCUT2D eigenvalue weighted by Crippen LogP contribution is -2.07. The predicted octanol–water partition coefficient (Wildman–Crippen LogP) is 3.62. The van der Waals surface area contributed by atoms with E-state index >= 15 is 0 Å². The van der Waals surface area contributed by atoms with Crippen LogP contribution in [0, 0.1) is 13.8 Å². The van der Waals surface area contributed by atoms with Crippen LogP contribution in [0.4, 0.5) is 6.01 Å². The van der Waals surface area contributed by atoms with Crippen LogP contribution in [-0.4, -0.2) is 37.4 Å². The standard InChI is InChI=1S/C20H21N3O6/c1-11-8-14(12(2)28-11)19-22-23-20(29-19)21-17(24)7-6-13-9-15(25-3)18(27-5)16(10-13)26-4/h6-10H,1-5H3,(H,21,23,24)/b7-6+. The minimum atomic E-state index is -0.436. The predicted molar refractivity (Wildman–Crippen MR) is 105 cm³/mol. The van der Waals surface area contributed by atoms with Crippen LogP contribution < -0.4 is 19.5 Å². The van der Waals surface area contributed by atoms with Gasteiger partial charge in [-0.3, -0.25) is 10.1 Å². The van der Waals surface area contributed by atoms with Crippen molar-refractivity contribution in [3.8, 4) is 28.7 Å². The second-order valence-corrected chi connectivity index (χ2v) is 6.02. The first-order valence-electron chi connectivity index (χ1n) is 8.65. The van der Waals surface area contributed by atoms with Crippen LogP contribution in [0.5, 0.6) is 17.2 Å². The van der Waals surface area contributed by atoms with Crippen LogP contribution in [0.25, 0.3) is 17.5 Å². The van der Waals surface area contributed by atoms with Crippen molar-refractivity contribution in [2.24, 2.45) is 0 Å². The first-order chi connectivity index (χ1) is 13.9. The Kier molecular flexibility index (Phi) is 5.87. The molecule has 29 heavy (non-hydrogen) atoms. The fourth-order valence-corrected chi connectivity index (χ4v) is 2.74. The van der Waals surface area contributed by atoms with E-state index in [0.29, 0.717) is 34.1 Å². The molecule has 0 saturated carbocycles. The maximum Gasteiger partial charge on any atom is 0.322 e. The molecule has 2 aromatic heterocycles. The van der Waals surface area contributed by atoms with E-state index in [4.69, 9.17) is 23.0 Å². The number of hydrogen-bond acceptors (Lipinski definition) is 8. The highest BCUT2D eigenvalue weighted by atomic mass is 16.5. The van der Waals surface area contributed by atoms with Gasteiger partial charge in [-0.2, -0.15) is 0 Å². The molecule has 9 heteroatoms. The summed E-state index contributed by atoms with van der Waals surface area (Å²) in [5, 5.41) is 10.3. The number of hydrogen-bond donors (Lipinski definition) is 1. The van der Waals surface area contributed by atoms with Crippen molar-refractivity contribution in [3.63, 3.8) is 0 Å².